The van der Waals surface area contributed by atoms with Gasteiger partial charge in [0.1, 0.15) is 0 Å². The molecule has 0 rings (SSSR count). The average Bonchev–Trinajstić information content (AvgIpc) is 3.03. The van der Waals surface area contributed by atoms with Gasteiger partial charge in [0.25, 0.3) is 0 Å². The van der Waals surface area contributed by atoms with Crippen molar-refractivity contribution in [3.63, 3.8) is 0 Å². The van der Waals surface area contributed by atoms with Gasteiger partial charge in [0.05, 0.1) is 26.1 Å². The molecule has 0 saturated carbocycles. The monoisotopic (exact) mass is 619 g/mol. The topological polar surface area (TPSA) is 52.6 Å². The maximum atomic E-state index is 12.7. The Hall–Kier alpha value is -1.58. The maximum absolute atomic E-state index is 12.7. The highest BCUT2D eigenvalue weighted by Crippen LogP contribution is 2.28. The van der Waals surface area contributed by atoms with E-state index in [1.54, 1.807) is 0 Å². The number of rotatable bonds is 33. The molecule has 0 aromatic rings. The second kappa shape index (κ2) is 31.4. The van der Waals surface area contributed by atoms with Crippen LogP contribution in [0.1, 0.15) is 194 Å². The van der Waals surface area contributed by atoms with E-state index in [0.29, 0.717) is 12.8 Å². The first-order chi connectivity index (χ1) is 21.4. The summed E-state index contributed by atoms with van der Waals surface area (Å²) in [5.41, 5.74) is 2.81. The van der Waals surface area contributed by atoms with Gasteiger partial charge in [-0.05, 0) is 64.2 Å². The van der Waals surface area contributed by atoms with Gasteiger partial charge < -0.3 is 9.47 Å². The number of unbranched alkanes of at least 4 members (excludes halogenated alkanes) is 18. The van der Waals surface area contributed by atoms with Crippen molar-refractivity contribution in [1.82, 2.24) is 0 Å². The lowest BCUT2D eigenvalue weighted by atomic mass is 9.83. The highest BCUT2D eigenvalue weighted by molar-refractivity contribution is 5.81. The Balaban J connectivity index is 4.22. The third kappa shape index (κ3) is 24.7. The van der Waals surface area contributed by atoms with Crippen LogP contribution in [-0.2, 0) is 19.1 Å². The molecule has 0 radical (unpaired) electrons. The number of ether oxygens (including phenoxy) is 2. The summed E-state index contributed by atoms with van der Waals surface area (Å²) in [6.45, 7) is 13.1. The van der Waals surface area contributed by atoms with Crippen LogP contribution < -0.4 is 0 Å². The molecule has 0 fully saturated rings. The standard InChI is InChI=1S/C40H74O4/c1-7-9-11-13-17-23-29-35(3)31-25-19-15-21-27-33-37(39(41)43-5)38(40(42)44-6)34-28-22-16-20-26-32-36(4)30-24-18-14-12-10-8-2/h37-38H,3-4,7-34H2,1-2,5-6H3. The zero-order valence-corrected chi connectivity index (χ0v) is 30.0. The SMILES string of the molecule is C=C(CCCCCCCC)CCCCCCCC(C(=O)OC)C(CCCCCCCC(=C)CCCCCCCC)C(=O)OC. The summed E-state index contributed by atoms with van der Waals surface area (Å²) >= 11 is 0. The number of hydrogen-bond acceptors (Lipinski definition) is 4. The predicted molar refractivity (Wildman–Crippen MR) is 190 cm³/mol. The number of hydrogen-bond donors (Lipinski definition) is 0. The van der Waals surface area contributed by atoms with E-state index in [-0.39, 0.29) is 11.9 Å². The van der Waals surface area contributed by atoms with E-state index in [9.17, 15) is 9.59 Å². The molecule has 0 aliphatic rings. The molecule has 2 unspecified atom stereocenters. The van der Waals surface area contributed by atoms with Crippen LogP contribution in [0.2, 0.25) is 0 Å². The fourth-order valence-corrected chi connectivity index (χ4v) is 6.37. The number of allylic oxidation sites excluding steroid dienone is 2. The number of methoxy groups -OCH3 is 2. The highest BCUT2D eigenvalue weighted by Gasteiger charge is 2.34. The predicted octanol–water partition coefficient (Wildman–Crippen LogP) is 12.6. The fourth-order valence-electron chi connectivity index (χ4n) is 6.37. The molecule has 0 aliphatic heterocycles. The summed E-state index contributed by atoms with van der Waals surface area (Å²) in [5, 5.41) is 0. The van der Waals surface area contributed by atoms with Gasteiger partial charge in [0.2, 0.25) is 0 Å². The first-order valence-electron chi connectivity index (χ1n) is 18.9. The third-order valence-electron chi connectivity index (χ3n) is 9.35. The molecular formula is C40H74O4. The average molecular weight is 619 g/mol. The third-order valence-corrected chi connectivity index (χ3v) is 9.35. The molecule has 0 spiro atoms. The van der Waals surface area contributed by atoms with Crippen molar-refractivity contribution >= 4 is 11.9 Å². The Morgan fingerprint density at radius 2 is 0.682 bits per heavy atom. The van der Waals surface area contributed by atoms with Crippen LogP contribution in [0.5, 0.6) is 0 Å². The molecule has 0 N–H and O–H groups in total. The first-order valence-corrected chi connectivity index (χ1v) is 18.9. The lowest BCUT2D eigenvalue weighted by Crippen LogP contribution is -2.32. The summed E-state index contributed by atoms with van der Waals surface area (Å²) in [7, 11) is 2.87. The Bertz CT molecular complexity index is 652. The zero-order chi connectivity index (χ0) is 32.7. The number of carbonyl (C=O) groups excluding carboxylic acids is 2. The van der Waals surface area contributed by atoms with E-state index in [0.717, 1.165) is 51.4 Å². The van der Waals surface area contributed by atoms with Crippen molar-refractivity contribution < 1.29 is 19.1 Å². The molecule has 0 amide bonds. The Kier molecular flexibility index (Phi) is 30.3. The Morgan fingerprint density at radius 3 is 0.955 bits per heavy atom. The van der Waals surface area contributed by atoms with Crippen molar-refractivity contribution in [2.45, 2.75) is 194 Å². The number of esters is 2. The fraction of sp³-hybridized carbons (Fsp3) is 0.850. The molecule has 44 heavy (non-hydrogen) atoms. The summed E-state index contributed by atoms with van der Waals surface area (Å²) in [6.07, 6.45) is 33.2. The lowest BCUT2D eigenvalue weighted by molar-refractivity contribution is -0.158. The van der Waals surface area contributed by atoms with E-state index < -0.39 is 11.8 Å². The van der Waals surface area contributed by atoms with E-state index in [1.807, 2.05) is 0 Å². The minimum Gasteiger partial charge on any atom is -0.469 e. The van der Waals surface area contributed by atoms with Gasteiger partial charge in [-0.2, -0.15) is 0 Å². The number of carbonyl (C=O) groups is 2. The van der Waals surface area contributed by atoms with E-state index >= 15 is 0 Å². The summed E-state index contributed by atoms with van der Waals surface area (Å²) in [5.74, 6) is -1.35. The van der Waals surface area contributed by atoms with Gasteiger partial charge in [-0.15, -0.1) is 0 Å². The van der Waals surface area contributed by atoms with Gasteiger partial charge in [0.15, 0.2) is 0 Å². The van der Waals surface area contributed by atoms with Gasteiger partial charge in [-0.1, -0.05) is 154 Å². The van der Waals surface area contributed by atoms with Gasteiger partial charge in [-0.3, -0.25) is 9.59 Å². The molecule has 0 aliphatic carbocycles. The largest absolute Gasteiger partial charge is 0.469 e. The van der Waals surface area contributed by atoms with Crippen molar-refractivity contribution in [3.05, 3.63) is 24.3 Å². The van der Waals surface area contributed by atoms with Crippen LogP contribution in [0.3, 0.4) is 0 Å². The van der Waals surface area contributed by atoms with Crippen LogP contribution in [-0.4, -0.2) is 26.2 Å². The van der Waals surface area contributed by atoms with Crippen LogP contribution in [0.25, 0.3) is 0 Å². The van der Waals surface area contributed by atoms with Crippen LogP contribution in [0.15, 0.2) is 24.3 Å². The van der Waals surface area contributed by atoms with Crippen molar-refractivity contribution in [3.8, 4) is 0 Å². The normalized spacial score (nSPS) is 12.5. The molecule has 2 atom stereocenters. The molecule has 0 bridgehead atoms. The lowest BCUT2D eigenvalue weighted by Gasteiger charge is -2.23. The van der Waals surface area contributed by atoms with Gasteiger partial charge >= 0.3 is 11.9 Å². The summed E-state index contributed by atoms with van der Waals surface area (Å²) in [6, 6.07) is 0. The van der Waals surface area contributed by atoms with Gasteiger partial charge in [0, 0.05) is 0 Å². The molecule has 4 heteroatoms. The van der Waals surface area contributed by atoms with E-state index in [1.165, 1.54) is 141 Å². The van der Waals surface area contributed by atoms with E-state index in [2.05, 4.69) is 27.0 Å². The molecule has 4 nitrogen and oxygen atoms in total. The van der Waals surface area contributed by atoms with Gasteiger partial charge in [-0.25, -0.2) is 0 Å². The van der Waals surface area contributed by atoms with Crippen LogP contribution in [0, 0.1) is 11.8 Å². The van der Waals surface area contributed by atoms with Crippen LogP contribution in [0.4, 0.5) is 0 Å². The Morgan fingerprint density at radius 1 is 0.432 bits per heavy atom. The first kappa shape index (κ1) is 42.4. The Labute approximate surface area is 274 Å². The maximum Gasteiger partial charge on any atom is 0.309 e. The quantitative estimate of drug-likeness (QED) is 0.0417. The van der Waals surface area contributed by atoms with E-state index in [4.69, 9.17) is 9.47 Å². The molecule has 0 aromatic carbocycles. The second-order valence-corrected chi connectivity index (χ2v) is 13.4. The van der Waals surface area contributed by atoms with Crippen molar-refractivity contribution in [2.24, 2.45) is 11.8 Å². The summed E-state index contributed by atoms with van der Waals surface area (Å²) in [4.78, 5) is 25.4. The molecular weight excluding hydrogens is 544 g/mol. The van der Waals surface area contributed by atoms with Crippen molar-refractivity contribution in [1.29, 1.82) is 0 Å². The molecule has 0 heterocycles. The second-order valence-electron chi connectivity index (χ2n) is 13.4. The minimum atomic E-state index is -0.408. The zero-order valence-electron chi connectivity index (χ0n) is 30.0. The molecule has 0 aromatic heterocycles. The molecule has 258 valence electrons. The van der Waals surface area contributed by atoms with Crippen molar-refractivity contribution in [2.75, 3.05) is 14.2 Å². The highest BCUT2D eigenvalue weighted by atomic mass is 16.5. The smallest absolute Gasteiger partial charge is 0.309 e. The summed E-state index contributed by atoms with van der Waals surface area (Å²) < 4.78 is 10.3. The minimum absolute atomic E-state index is 0.268. The van der Waals surface area contributed by atoms with Crippen LogP contribution >= 0.6 is 0 Å². The molecule has 0 saturated heterocycles.